The van der Waals surface area contributed by atoms with Crippen LogP contribution >= 0.6 is 0 Å². The van der Waals surface area contributed by atoms with Crippen molar-refractivity contribution in [2.45, 2.75) is 19.4 Å². The maximum Gasteiger partial charge on any atom is 0.258 e. The summed E-state index contributed by atoms with van der Waals surface area (Å²) < 4.78 is 5.31. The van der Waals surface area contributed by atoms with E-state index >= 15 is 0 Å². The third-order valence-electron chi connectivity index (χ3n) is 2.21. The van der Waals surface area contributed by atoms with Gasteiger partial charge in [-0.1, -0.05) is 18.2 Å². The van der Waals surface area contributed by atoms with Crippen molar-refractivity contribution in [2.24, 2.45) is 0 Å². The molecule has 1 rings (SSSR count). The smallest absolute Gasteiger partial charge is 0.258 e. The minimum atomic E-state index is -0.164. The molecule has 0 aliphatic rings. The molecule has 0 aliphatic heterocycles. The minimum Gasteiger partial charge on any atom is -0.482 e. The van der Waals surface area contributed by atoms with Gasteiger partial charge in [-0.3, -0.25) is 4.79 Å². The molecule has 1 aromatic carbocycles. The van der Waals surface area contributed by atoms with Gasteiger partial charge in [0, 0.05) is 6.04 Å². The number of nitrogens with one attached hydrogen (secondary N) is 1. The van der Waals surface area contributed by atoms with Gasteiger partial charge in [-0.25, -0.2) is 0 Å². The van der Waals surface area contributed by atoms with E-state index in [-0.39, 0.29) is 18.6 Å². The quantitative estimate of drug-likeness (QED) is 0.582. The molecule has 92 valence electrons. The van der Waals surface area contributed by atoms with Crippen LogP contribution in [-0.4, -0.2) is 18.6 Å². The van der Waals surface area contributed by atoms with Crippen LogP contribution in [0.3, 0.4) is 0 Å². The van der Waals surface area contributed by atoms with E-state index in [9.17, 15) is 4.79 Å². The normalized spacial score (nSPS) is 11.6. The summed E-state index contributed by atoms with van der Waals surface area (Å²) in [4.78, 5) is 11.5. The van der Waals surface area contributed by atoms with Gasteiger partial charge >= 0.3 is 0 Å². The zero-order valence-electron chi connectivity index (χ0n) is 9.98. The van der Waals surface area contributed by atoms with Crippen molar-refractivity contribution in [2.75, 3.05) is 12.3 Å². The summed E-state index contributed by atoms with van der Waals surface area (Å²) in [5.74, 6) is 0.363. The van der Waals surface area contributed by atoms with Crippen LogP contribution < -0.4 is 15.8 Å². The third-order valence-corrected chi connectivity index (χ3v) is 2.21. The topological polar surface area (TPSA) is 64.3 Å². The predicted octanol–water partition coefficient (Wildman–Crippen LogP) is 1.73. The average molecular weight is 234 g/mol. The Bertz CT molecular complexity index is 391. The third kappa shape index (κ3) is 4.59. The fourth-order valence-electron chi connectivity index (χ4n) is 1.38. The molecule has 17 heavy (non-hydrogen) atoms. The zero-order chi connectivity index (χ0) is 12.7. The van der Waals surface area contributed by atoms with Crippen molar-refractivity contribution in [3.05, 3.63) is 36.9 Å². The van der Waals surface area contributed by atoms with Crippen LogP contribution in [0, 0.1) is 0 Å². The Balaban J connectivity index is 2.38. The van der Waals surface area contributed by atoms with Crippen molar-refractivity contribution >= 4 is 11.6 Å². The van der Waals surface area contributed by atoms with Gasteiger partial charge in [-0.2, -0.15) is 0 Å². The molecule has 1 aromatic rings. The van der Waals surface area contributed by atoms with Gasteiger partial charge in [-0.05, 0) is 25.5 Å². The van der Waals surface area contributed by atoms with Crippen LogP contribution in [0.4, 0.5) is 5.69 Å². The number of para-hydroxylation sites is 2. The second kappa shape index (κ2) is 6.58. The van der Waals surface area contributed by atoms with Crippen molar-refractivity contribution < 1.29 is 9.53 Å². The maximum atomic E-state index is 11.5. The first-order chi connectivity index (χ1) is 8.13. The molecule has 0 spiro atoms. The number of nitrogens with two attached hydrogens (primary N) is 1. The van der Waals surface area contributed by atoms with Gasteiger partial charge < -0.3 is 15.8 Å². The van der Waals surface area contributed by atoms with Crippen LogP contribution in [0.2, 0.25) is 0 Å². The van der Waals surface area contributed by atoms with Gasteiger partial charge in [0.1, 0.15) is 5.75 Å². The monoisotopic (exact) mass is 234 g/mol. The van der Waals surface area contributed by atoms with Crippen LogP contribution in [0.5, 0.6) is 5.75 Å². The first kappa shape index (κ1) is 13.1. The molecule has 1 amide bonds. The van der Waals surface area contributed by atoms with E-state index in [2.05, 4.69) is 11.9 Å². The fraction of sp³-hybridized carbons (Fsp3) is 0.308. The first-order valence-corrected chi connectivity index (χ1v) is 5.51. The molecule has 4 nitrogen and oxygen atoms in total. The van der Waals surface area contributed by atoms with Crippen molar-refractivity contribution in [1.82, 2.24) is 5.32 Å². The summed E-state index contributed by atoms with van der Waals surface area (Å²) in [5, 5.41) is 2.79. The van der Waals surface area contributed by atoms with Crippen molar-refractivity contribution in [3.63, 3.8) is 0 Å². The summed E-state index contributed by atoms with van der Waals surface area (Å²) in [6.45, 7) is 5.50. The molecule has 0 saturated heterocycles. The number of hydrogen-bond acceptors (Lipinski definition) is 3. The lowest BCUT2D eigenvalue weighted by Crippen LogP contribution is -2.35. The number of nitrogen functional groups attached to an aromatic ring is 1. The number of amides is 1. The second-order valence-corrected chi connectivity index (χ2v) is 3.82. The Labute approximate surface area is 101 Å². The highest BCUT2D eigenvalue weighted by atomic mass is 16.5. The van der Waals surface area contributed by atoms with Gasteiger partial charge in [0.25, 0.3) is 5.91 Å². The summed E-state index contributed by atoms with van der Waals surface area (Å²) in [6, 6.07) is 7.15. The Hall–Kier alpha value is -1.97. The van der Waals surface area contributed by atoms with E-state index in [1.165, 1.54) is 0 Å². The highest BCUT2D eigenvalue weighted by molar-refractivity contribution is 5.78. The predicted molar refractivity (Wildman–Crippen MR) is 68.8 cm³/mol. The number of carbonyl (C=O) groups excluding carboxylic acids is 1. The van der Waals surface area contributed by atoms with E-state index in [1.807, 2.05) is 19.1 Å². The standard InChI is InChI=1S/C13H18N2O2/c1-3-6-10(2)15-13(16)9-17-12-8-5-4-7-11(12)14/h3-5,7-8,10H,1,6,9,14H2,2H3,(H,15,16). The summed E-state index contributed by atoms with van der Waals surface area (Å²) in [7, 11) is 0. The fourth-order valence-corrected chi connectivity index (χ4v) is 1.38. The molecule has 0 heterocycles. The lowest BCUT2D eigenvalue weighted by atomic mass is 10.2. The number of benzene rings is 1. The summed E-state index contributed by atoms with van der Waals surface area (Å²) in [6.07, 6.45) is 2.50. The molecule has 1 unspecified atom stereocenters. The number of ether oxygens (including phenoxy) is 1. The number of carbonyl (C=O) groups is 1. The van der Waals surface area contributed by atoms with E-state index in [4.69, 9.17) is 10.5 Å². The molecule has 4 heteroatoms. The highest BCUT2D eigenvalue weighted by Crippen LogP contribution is 2.19. The van der Waals surface area contributed by atoms with E-state index in [0.29, 0.717) is 11.4 Å². The molecule has 0 bridgehead atoms. The van der Waals surface area contributed by atoms with Gasteiger partial charge in [0.2, 0.25) is 0 Å². The van der Waals surface area contributed by atoms with E-state index < -0.39 is 0 Å². The molecule has 0 fully saturated rings. The summed E-state index contributed by atoms with van der Waals surface area (Å²) in [5.41, 5.74) is 6.21. The molecule has 0 aromatic heterocycles. The number of anilines is 1. The van der Waals surface area contributed by atoms with E-state index in [0.717, 1.165) is 6.42 Å². The highest BCUT2D eigenvalue weighted by Gasteiger charge is 2.07. The zero-order valence-corrected chi connectivity index (χ0v) is 9.98. The molecular formula is C13H18N2O2. The lowest BCUT2D eigenvalue weighted by Gasteiger charge is -2.13. The van der Waals surface area contributed by atoms with Gasteiger partial charge in [-0.15, -0.1) is 6.58 Å². The minimum absolute atomic E-state index is 0.0320. The molecule has 0 radical (unpaired) electrons. The van der Waals surface area contributed by atoms with Gasteiger partial charge in [0.05, 0.1) is 5.69 Å². The van der Waals surface area contributed by atoms with E-state index in [1.54, 1.807) is 18.2 Å². The summed E-state index contributed by atoms with van der Waals surface area (Å²) >= 11 is 0. The number of hydrogen-bond donors (Lipinski definition) is 2. The first-order valence-electron chi connectivity index (χ1n) is 5.51. The van der Waals surface area contributed by atoms with Crippen LogP contribution in [0.1, 0.15) is 13.3 Å². The van der Waals surface area contributed by atoms with Crippen LogP contribution in [0.15, 0.2) is 36.9 Å². The van der Waals surface area contributed by atoms with Crippen molar-refractivity contribution in [1.29, 1.82) is 0 Å². The molecular weight excluding hydrogens is 216 g/mol. The van der Waals surface area contributed by atoms with Crippen LogP contribution in [-0.2, 0) is 4.79 Å². The van der Waals surface area contributed by atoms with Crippen LogP contribution in [0.25, 0.3) is 0 Å². The SMILES string of the molecule is C=CCC(C)NC(=O)COc1ccccc1N. The molecule has 0 saturated carbocycles. The number of rotatable bonds is 6. The largest absolute Gasteiger partial charge is 0.482 e. The Morgan fingerprint density at radius 1 is 1.59 bits per heavy atom. The maximum absolute atomic E-state index is 11.5. The second-order valence-electron chi connectivity index (χ2n) is 3.82. The average Bonchev–Trinajstić information content (AvgIpc) is 2.28. The molecule has 3 N–H and O–H groups in total. The van der Waals surface area contributed by atoms with Crippen molar-refractivity contribution in [3.8, 4) is 5.75 Å². The molecule has 1 atom stereocenters. The molecule has 0 aliphatic carbocycles. The Morgan fingerprint density at radius 3 is 2.94 bits per heavy atom. The lowest BCUT2D eigenvalue weighted by molar-refractivity contribution is -0.123. The Morgan fingerprint density at radius 2 is 2.29 bits per heavy atom. The Kier molecular flexibility index (Phi) is 5.07. The van der Waals surface area contributed by atoms with Gasteiger partial charge in [0.15, 0.2) is 6.61 Å².